The summed E-state index contributed by atoms with van der Waals surface area (Å²) in [7, 11) is 0. The van der Waals surface area contributed by atoms with Gasteiger partial charge in [-0.3, -0.25) is 14.5 Å². The van der Waals surface area contributed by atoms with Crippen LogP contribution in [0.5, 0.6) is 0 Å². The van der Waals surface area contributed by atoms with Crippen molar-refractivity contribution in [3.8, 4) is 0 Å². The summed E-state index contributed by atoms with van der Waals surface area (Å²) in [5.74, 6) is -2.86. The molecule has 1 saturated carbocycles. The molecule has 0 radical (unpaired) electrons. The van der Waals surface area contributed by atoms with Crippen molar-refractivity contribution >= 4 is 17.6 Å². The average molecular weight is 419 g/mol. The zero-order valence-corrected chi connectivity index (χ0v) is 16.0. The van der Waals surface area contributed by atoms with Crippen LogP contribution in [0.2, 0.25) is 0 Å². The highest BCUT2D eigenvalue weighted by molar-refractivity contribution is 6.17. The topological polar surface area (TPSA) is 74.9 Å². The van der Waals surface area contributed by atoms with Crippen LogP contribution in [0.4, 0.5) is 13.2 Å². The number of amidine groups is 1. The Hall–Kier alpha value is -3.10. The van der Waals surface area contributed by atoms with Gasteiger partial charge in [-0.05, 0) is 25.0 Å². The van der Waals surface area contributed by atoms with Gasteiger partial charge in [-0.25, -0.2) is 4.99 Å². The Kier molecular flexibility index (Phi) is 5.13. The van der Waals surface area contributed by atoms with Gasteiger partial charge in [-0.1, -0.05) is 49.6 Å². The molecular formula is C21H20F3N3O3. The Labute approximate surface area is 170 Å². The summed E-state index contributed by atoms with van der Waals surface area (Å²) in [6.07, 6.45) is -0.220. The lowest BCUT2D eigenvalue weighted by Crippen LogP contribution is -2.64. The van der Waals surface area contributed by atoms with Gasteiger partial charge in [0.05, 0.1) is 6.26 Å². The number of halogens is 3. The van der Waals surface area contributed by atoms with Crippen LogP contribution in [0.1, 0.15) is 48.2 Å². The first-order valence-electron chi connectivity index (χ1n) is 9.75. The lowest BCUT2D eigenvalue weighted by molar-refractivity contribution is -0.197. The SMILES string of the molecule is O=C(N[C@]1(C(F)(F)F)N=C(c2ccccc2)N(C2CCCCC2)C1=O)c1ccco1. The molecule has 1 fully saturated rings. The van der Waals surface area contributed by atoms with Gasteiger partial charge in [0.15, 0.2) is 5.76 Å². The largest absolute Gasteiger partial charge is 0.459 e. The average Bonchev–Trinajstić information content (AvgIpc) is 3.37. The summed E-state index contributed by atoms with van der Waals surface area (Å²) in [4.78, 5) is 30.7. The number of aliphatic imine (C=N–C) groups is 1. The van der Waals surface area contributed by atoms with Crippen LogP contribution in [0.25, 0.3) is 0 Å². The van der Waals surface area contributed by atoms with Gasteiger partial charge in [0.1, 0.15) is 5.84 Å². The molecule has 1 N–H and O–H groups in total. The molecule has 30 heavy (non-hydrogen) atoms. The number of hydrogen-bond acceptors (Lipinski definition) is 4. The van der Waals surface area contributed by atoms with Crippen molar-refractivity contribution in [3.63, 3.8) is 0 Å². The molecule has 1 atom stereocenters. The van der Waals surface area contributed by atoms with E-state index in [-0.39, 0.29) is 11.6 Å². The van der Waals surface area contributed by atoms with E-state index in [0.29, 0.717) is 18.4 Å². The van der Waals surface area contributed by atoms with Gasteiger partial charge in [-0.15, -0.1) is 0 Å². The Morgan fingerprint density at radius 1 is 1.10 bits per heavy atom. The van der Waals surface area contributed by atoms with Crippen LogP contribution < -0.4 is 5.32 Å². The maximum absolute atomic E-state index is 14.3. The van der Waals surface area contributed by atoms with E-state index in [1.807, 2.05) is 5.32 Å². The summed E-state index contributed by atoms with van der Waals surface area (Å²) in [5.41, 5.74) is -3.02. The van der Waals surface area contributed by atoms with Crippen molar-refractivity contribution in [1.82, 2.24) is 10.2 Å². The number of rotatable bonds is 4. The molecule has 158 valence electrons. The van der Waals surface area contributed by atoms with Crippen molar-refractivity contribution in [2.75, 3.05) is 0 Å². The molecule has 1 aliphatic carbocycles. The highest BCUT2D eigenvalue weighted by atomic mass is 19.4. The monoisotopic (exact) mass is 419 g/mol. The summed E-state index contributed by atoms with van der Waals surface area (Å²) >= 11 is 0. The number of benzene rings is 1. The van der Waals surface area contributed by atoms with Crippen LogP contribution >= 0.6 is 0 Å². The molecule has 9 heteroatoms. The van der Waals surface area contributed by atoms with Gasteiger partial charge in [0.25, 0.3) is 11.8 Å². The zero-order valence-electron chi connectivity index (χ0n) is 16.0. The number of nitrogens with zero attached hydrogens (tertiary/aromatic N) is 2. The molecule has 2 aliphatic rings. The van der Waals surface area contributed by atoms with Gasteiger partial charge in [-0.2, -0.15) is 13.2 Å². The van der Waals surface area contributed by atoms with E-state index in [0.717, 1.165) is 24.2 Å². The van der Waals surface area contributed by atoms with Crippen LogP contribution in [0, 0.1) is 0 Å². The van der Waals surface area contributed by atoms with Crippen molar-refractivity contribution in [1.29, 1.82) is 0 Å². The number of alkyl halides is 3. The molecule has 1 aromatic carbocycles. The second-order valence-corrected chi connectivity index (χ2v) is 7.41. The minimum atomic E-state index is -5.14. The number of hydrogen-bond donors (Lipinski definition) is 1. The summed E-state index contributed by atoms with van der Waals surface area (Å²) < 4.78 is 47.8. The van der Waals surface area contributed by atoms with E-state index in [4.69, 9.17) is 4.42 Å². The Morgan fingerprint density at radius 2 is 1.80 bits per heavy atom. The highest BCUT2D eigenvalue weighted by Crippen LogP contribution is 2.41. The molecule has 0 bridgehead atoms. The number of carbonyl (C=O) groups excluding carboxylic acids is 2. The standard InChI is InChI=1S/C21H20F3N3O3/c22-21(23,24)20(26-18(28)16-12-7-13-30-16)19(29)27(15-10-5-2-6-11-15)17(25-20)14-8-3-1-4-9-14/h1,3-4,7-9,12-13,15H,2,5-6,10-11H2,(H,26,28)/t20-/m1/s1. The quantitative estimate of drug-likeness (QED) is 0.817. The normalized spacial score (nSPS) is 22.8. The third-order valence-electron chi connectivity index (χ3n) is 5.45. The first kappa shape index (κ1) is 20.2. The van der Waals surface area contributed by atoms with Gasteiger partial charge in [0.2, 0.25) is 0 Å². The maximum atomic E-state index is 14.3. The number of amides is 2. The predicted octanol–water partition coefficient (Wildman–Crippen LogP) is 3.89. The summed E-state index contributed by atoms with van der Waals surface area (Å²) in [5, 5.41) is 1.82. The van der Waals surface area contributed by atoms with E-state index in [1.54, 1.807) is 30.3 Å². The van der Waals surface area contributed by atoms with Crippen molar-refractivity contribution in [3.05, 3.63) is 60.1 Å². The third-order valence-corrected chi connectivity index (χ3v) is 5.45. The minimum Gasteiger partial charge on any atom is -0.459 e. The molecule has 4 rings (SSSR count). The van der Waals surface area contributed by atoms with Crippen LogP contribution in [0.15, 0.2) is 58.1 Å². The van der Waals surface area contributed by atoms with Crippen LogP contribution in [-0.4, -0.2) is 40.4 Å². The first-order valence-corrected chi connectivity index (χ1v) is 9.75. The third kappa shape index (κ3) is 3.38. The van der Waals surface area contributed by atoms with Gasteiger partial charge >= 0.3 is 11.8 Å². The molecule has 2 amide bonds. The molecule has 0 spiro atoms. The molecular weight excluding hydrogens is 399 g/mol. The van der Waals surface area contributed by atoms with E-state index in [9.17, 15) is 22.8 Å². The lowest BCUT2D eigenvalue weighted by Gasteiger charge is -2.34. The molecule has 2 heterocycles. The highest BCUT2D eigenvalue weighted by Gasteiger charge is 2.68. The van der Waals surface area contributed by atoms with Gasteiger partial charge < -0.3 is 9.73 Å². The molecule has 1 aromatic heterocycles. The van der Waals surface area contributed by atoms with Gasteiger partial charge in [0, 0.05) is 11.6 Å². The second kappa shape index (κ2) is 7.62. The fourth-order valence-corrected chi connectivity index (χ4v) is 3.97. The van der Waals surface area contributed by atoms with Crippen LogP contribution in [-0.2, 0) is 4.79 Å². The Balaban J connectivity index is 1.81. The fourth-order valence-electron chi connectivity index (χ4n) is 3.97. The van der Waals surface area contributed by atoms with E-state index >= 15 is 0 Å². The lowest BCUT2D eigenvalue weighted by atomic mass is 9.93. The van der Waals surface area contributed by atoms with E-state index in [2.05, 4.69) is 4.99 Å². The Bertz CT molecular complexity index is 951. The first-order chi connectivity index (χ1) is 14.3. The van der Waals surface area contributed by atoms with Crippen molar-refractivity contribution in [2.45, 2.75) is 50.0 Å². The number of furan rings is 1. The van der Waals surface area contributed by atoms with Crippen LogP contribution in [0.3, 0.4) is 0 Å². The zero-order chi connectivity index (χ0) is 21.4. The Morgan fingerprint density at radius 3 is 2.40 bits per heavy atom. The molecule has 1 aliphatic heterocycles. The second-order valence-electron chi connectivity index (χ2n) is 7.41. The molecule has 2 aromatic rings. The smallest absolute Gasteiger partial charge is 0.442 e. The van der Waals surface area contributed by atoms with Crippen molar-refractivity contribution in [2.24, 2.45) is 4.99 Å². The van der Waals surface area contributed by atoms with Crippen molar-refractivity contribution < 1.29 is 27.2 Å². The number of carbonyl (C=O) groups is 2. The molecule has 0 saturated heterocycles. The van der Waals surface area contributed by atoms with E-state index < -0.39 is 29.7 Å². The fraction of sp³-hybridized carbons (Fsp3) is 0.381. The maximum Gasteiger partial charge on any atom is 0.442 e. The summed E-state index contributed by atoms with van der Waals surface area (Å²) in [6, 6.07) is 10.4. The molecule has 0 unspecified atom stereocenters. The minimum absolute atomic E-state index is 0.0791. The summed E-state index contributed by atoms with van der Waals surface area (Å²) in [6.45, 7) is 0. The molecule has 6 nitrogen and oxygen atoms in total. The van der Waals surface area contributed by atoms with E-state index in [1.165, 1.54) is 18.4 Å². The predicted molar refractivity (Wildman–Crippen MR) is 102 cm³/mol. The number of nitrogens with one attached hydrogen (secondary N) is 1.